The van der Waals surface area contributed by atoms with E-state index < -0.39 is 0 Å². The van der Waals surface area contributed by atoms with Gasteiger partial charge < -0.3 is 5.32 Å². The van der Waals surface area contributed by atoms with Gasteiger partial charge in [-0.25, -0.2) is 14.6 Å². The van der Waals surface area contributed by atoms with Crippen LogP contribution < -0.4 is 5.32 Å². The summed E-state index contributed by atoms with van der Waals surface area (Å²) < 4.78 is 1.79. The Morgan fingerprint density at radius 2 is 1.95 bits per heavy atom. The summed E-state index contributed by atoms with van der Waals surface area (Å²) in [7, 11) is 0. The molecule has 2 heterocycles. The highest BCUT2D eigenvalue weighted by Gasteiger charge is 2.11. The minimum absolute atomic E-state index is 0.543. The zero-order chi connectivity index (χ0) is 14.8. The average Bonchev–Trinajstić information content (AvgIpc) is 2.90. The van der Waals surface area contributed by atoms with E-state index in [1.807, 2.05) is 24.3 Å². The molecule has 108 valence electrons. The third-order valence-corrected chi connectivity index (χ3v) is 3.37. The second-order valence-corrected chi connectivity index (χ2v) is 5.70. The molecule has 21 heavy (non-hydrogen) atoms. The highest BCUT2D eigenvalue weighted by Crippen LogP contribution is 2.22. The van der Waals surface area contributed by atoms with Crippen molar-refractivity contribution in [3.05, 3.63) is 41.8 Å². The molecule has 0 saturated heterocycles. The molecule has 0 spiro atoms. The van der Waals surface area contributed by atoms with Crippen molar-refractivity contribution in [3.8, 4) is 5.69 Å². The maximum Gasteiger partial charge on any atom is 0.168 e. The first-order chi connectivity index (χ1) is 10.1. The van der Waals surface area contributed by atoms with Crippen LogP contribution in [0.5, 0.6) is 0 Å². The molecule has 5 nitrogen and oxygen atoms in total. The van der Waals surface area contributed by atoms with Crippen molar-refractivity contribution in [2.45, 2.75) is 13.8 Å². The van der Waals surface area contributed by atoms with E-state index in [4.69, 9.17) is 11.6 Å². The Morgan fingerprint density at radius 1 is 1.19 bits per heavy atom. The Bertz CT molecular complexity index is 748. The van der Waals surface area contributed by atoms with Gasteiger partial charge in [-0.15, -0.1) is 0 Å². The van der Waals surface area contributed by atoms with Gasteiger partial charge in [0, 0.05) is 11.6 Å². The Morgan fingerprint density at radius 3 is 2.67 bits per heavy atom. The van der Waals surface area contributed by atoms with Crippen molar-refractivity contribution in [3.63, 3.8) is 0 Å². The molecule has 0 aliphatic heterocycles. The number of hydrogen-bond acceptors (Lipinski definition) is 4. The fourth-order valence-corrected chi connectivity index (χ4v) is 2.18. The first kappa shape index (κ1) is 13.8. The van der Waals surface area contributed by atoms with E-state index in [0.29, 0.717) is 10.9 Å². The first-order valence-electron chi connectivity index (χ1n) is 6.83. The average molecular weight is 302 g/mol. The van der Waals surface area contributed by atoms with Crippen LogP contribution >= 0.6 is 11.6 Å². The van der Waals surface area contributed by atoms with E-state index in [1.54, 1.807) is 17.2 Å². The maximum atomic E-state index is 5.92. The van der Waals surface area contributed by atoms with Gasteiger partial charge in [0.25, 0.3) is 0 Å². The molecule has 3 rings (SSSR count). The third kappa shape index (κ3) is 2.83. The predicted molar refractivity (Wildman–Crippen MR) is 85.0 cm³/mol. The van der Waals surface area contributed by atoms with Gasteiger partial charge in [0.15, 0.2) is 5.65 Å². The van der Waals surface area contributed by atoms with Crippen LogP contribution in [0.25, 0.3) is 16.7 Å². The van der Waals surface area contributed by atoms with Crippen molar-refractivity contribution in [1.29, 1.82) is 0 Å². The summed E-state index contributed by atoms with van der Waals surface area (Å²) >= 11 is 5.92. The summed E-state index contributed by atoms with van der Waals surface area (Å²) in [6, 6.07) is 7.50. The number of hydrogen-bond donors (Lipinski definition) is 1. The largest absolute Gasteiger partial charge is 0.369 e. The van der Waals surface area contributed by atoms with E-state index in [2.05, 4.69) is 34.2 Å². The summed E-state index contributed by atoms with van der Waals surface area (Å²) in [6.45, 7) is 5.17. The predicted octanol–water partition coefficient (Wildman–Crippen LogP) is 3.54. The quantitative estimate of drug-likeness (QED) is 0.801. The molecule has 6 heteroatoms. The molecule has 0 saturated carbocycles. The monoisotopic (exact) mass is 301 g/mol. The van der Waals surface area contributed by atoms with E-state index in [1.165, 1.54) is 0 Å². The minimum atomic E-state index is 0.543. The number of halogens is 1. The van der Waals surface area contributed by atoms with Crippen LogP contribution in [0.1, 0.15) is 13.8 Å². The molecule has 1 aromatic carbocycles. The fourth-order valence-electron chi connectivity index (χ4n) is 2.06. The second-order valence-electron chi connectivity index (χ2n) is 5.27. The number of nitrogens with one attached hydrogen (secondary N) is 1. The fraction of sp³-hybridized carbons (Fsp3) is 0.267. The van der Waals surface area contributed by atoms with E-state index in [9.17, 15) is 0 Å². The Labute approximate surface area is 128 Å². The first-order valence-corrected chi connectivity index (χ1v) is 7.21. The molecule has 0 bridgehead atoms. The van der Waals surface area contributed by atoms with Crippen LogP contribution in [0, 0.1) is 5.92 Å². The Kier molecular flexibility index (Phi) is 3.75. The van der Waals surface area contributed by atoms with E-state index in [0.717, 1.165) is 29.1 Å². The standard InChI is InChI=1S/C15H16ClN5/c1-10(2)7-17-14-13-8-20-21(15(13)19-9-18-14)12-5-3-11(16)4-6-12/h3-6,8-10H,7H2,1-2H3,(H,17,18,19). The van der Waals surface area contributed by atoms with Crippen molar-refractivity contribution >= 4 is 28.5 Å². The lowest BCUT2D eigenvalue weighted by Crippen LogP contribution is -2.09. The van der Waals surface area contributed by atoms with Gasteiger partial charge in [0.05, 0.1) is 17.3 Å². The third-order valence-electron chi connectivity index (χ3n) is 3.11. The minimum Gasteiger partial charge on any atom is -0.369 e. The molecule has 0 atom stereocenters. The molecular weight excluding hydrogens is 286 g/mol. The highest BCUT2D eigenvalue weighted by molar-refractivity contribution is 6.30. The van der Waals surface area contributed by atoms with Crippen LogP contribution in [0.3, 0.4) is 0 Å². The zero-order valence-electron chi connectivity index (χ0n) is 11.9. The molecule has 0 amide bonds. The highest BCUT2D eigenvalue weighted by atomic mass is 35.5. The van der Waals surface area contributed by atoms with Crippen LogP contribution in [-0.4, -0.2) is 26.3 Å². The number of fused-ring (bicyclic) bond motifs is 1. The number of benzene rings is 1. The van der Waals surface area contributed by atoms with Gasteiger partial charge in [-0.1, -0.05) is 25.4 Å². The van der Waals surface area contributed by atoms with Gasteiger partial charge in [-0.3, -0.25) is 0 Å². The smallest absolute Gasteiger partial charge is 0.168 e. The summed E-state index contributed by atoms with van der Waals surface area (Å²) in [4.78, 5) is 8.65. The topological polar surface area (TPSA) is 55.6 Å². The van der Waals surface area contributed by atoms with Crippen molar-refractivity contribution in [1.82, 2.24) is 19.7 Å². The van der Waals surface area contributed by atoms with E-state index >= 15 is 0 Å². The van der Waals surface area contributed by atoms with Gasteiger partial charge in [-0.05, 0) is 30.2 Å². The molecule has 2 aromatic heterocycles. The van der Waals surface area contributed by atoms with Crippen molar-refractivity contribution < 1.29 is 0 Å². The summed E-state index contributed by atoms with van der Waals surface area (Å²) in [6.07, 6.45) is 3.34. The van der Waals surface area contributed by atoms with Gasteiger partial charge in [0.2, 0.25) is 0 Å². The summed E-state index contributed by atoms with van der Waals surface area (Å²) in [5.74, 6) is 1.36. The normalized spacial score (nSPS) is 11.2. The lowest BCUT2D eigenvalue weighted by Gasteiger charge is -2.08. The van der Waals surface area contributed by atoms with E-state index in [-0.39, 0.29) is 0 Å². The SMILES string of the molecule is CC(C)CNc1ncnc2c1cnn2-c1ccc(Cl)cc1. The van der Waals surface area contributed by atoms with Gasteiger partial charge in [-0.2, -0.15) is 5.10 Å². The second kappa shape index (κ2) is 5.69. The van der Waals surface area contributed by atoms with Gasteiger partial charge in [0.1, 0.15) is 12.1 Å². The number of aromatic nitrogens is 4. The van der Waals surface area contributed by atoms with Gasteiger partial charge >= 0.3 is 0 Å². The summed E-state index contributed by atoms with van der Waals surface area (Å²) in [5, 5.41) is 9.36. The van der Waals surface area contributed by atoms with Crippen LogP contribution in [0.2, 0.25) is 5.02 Å². The van der Waals surface area contributed by atoms with Crippen LogP contribution in [0.4, 0.5) is 5.82 Å². The molecule has 3 aromatic rings. The molecule has 0 radical (unpaired) electrons. The molecular formula is C15H16ClN5. The molecule has 0 unspecified atom stereocenters. The number of anilines is 1. The van der Waals surface area contributed by atoms with Crippen molar-refractivity contribution in [2.75, 3.05) is 11.9 Å². The number of nitrogens with zero attached hydrogens (tertiary/aromatic N) is 4. The molecule has 0 aliphatic rings. The molecule has 0 aliphatic carbocycles. The van der Waals surface area contributed by atoms with Crippen LogP contribution in [0.15, 0.2) is 36.8 Å². The lowest BCUT2D eigenvalue weighted by molar-refractivity contribution is 0.687. The zero-order valence-corrected chi connectivity index (χ0v) is 12.7. The van der Waals surface area contributed by atoms with Crippen LogP contribution in [-0.2, 0) is 0 Å². The lowest BCUT2D eigenvalue weighted by atomic mass is 10.2. The molecule has 1 N–H and O–H groups in total. The summed E-state index contributed by atoms with van der Waals surface area (Å²) in [5.41, 5.74) is 1.70. The Hall–Kier alpha value is -2.14. The Balaban J connectivity index is 2.02. The number of rotatable bonds is 4. The maximum absolute atomic E-state index is 5.92. The molecule has 0 fully saturated rings. The van der Waals surface area contributed by atoms with Crippen molar-refractivity contribution in [2.24, 2.45) is 5.92 Å².